The molecule has 3 N–H and O–H groups in total. The highest BCUT2D eigenvalue weighted by atomic mass is 35.5. The number of hydrogen-bond acceptors (Lipinski definition) is 2. The number of halogens is 1. The fourth-order valence-electron chi connectivity index (χ4n) is 3.02. The molecule has 0 aromatic heterocycles. The third-order valence-electron chi connectivity index (χ3n) is 4.53. The first-order valence-electron chi connectivity index (χ1n) is 10.0. The standard InChI is InChI=1S/C24H25ClN4O2/c1-18-7-5-8-21(17-18)27-23(30)26-15-6-16-29(22-9-3-2-4-10-22)24(31)28-20-13-11-19(25)12-14-20/h2-5,7-14,17H,6,15-16H2,1H3,(H,28,31)(H2,26,27,30). The van der Waals surface area contributed by atoms with E-state index >= 15 is 0 Å². The van der Waals surface area contributed by atoms with Crippen molar-refractivity contribution in [1.82, 2.24) is 5.32 Å². The summed E-state index contributed by atoms with van der Waals surface area (Å²) >= 11 is 5.91. The first-order valence-corrected chi connectivity index (χ1v) is 10.4. The fourth-order valence-corrected chi connectivity index (χ4v) is 3.14. The Labute approximate surface area is 187 Å². The molecule has 0 atom stereocenters. The molecule has 0 unspecified atom stereocenters. The number of nitrogens with zero attached hydrogens (tertiary/aromatic N) is 1. The summed E-state index contributed by atoms with van der Waals surface area (Å²) in [6, 6.07) is 23.4. The van der Waals surface area contributed by atoms with Crippen LogP contribution in [-0.2, 0) is 0 Å². The van der Waals surface area contributed by atoms with E-state index in [-0.39, 0.29) is 12.1 Å². The number of nitrogens with one attached hydrogen (secondary N) is 3. The molecule has 4 amide bonds. The predicted octanol–water partition coefficient (Wildman–Crippen LogP) is 5.90. The SMILES string of the molecule is Cc1cccc(NC(=O)NCCCN(C(=O)Nc2ccc(Cl)cc2)c2ccccc2)c1. The minimum absolute atomic E-state index is 0.252. The van der Waals surface area contributed by atoms with Crippen molar-refractivity contribution in [3.8, 4) is 0 Å². The third kappa shape index (κ3) is 7.04. The summed E-state index contributed by atoms with van der Waals surface area (Å²) in [6.07, 6.45) is 0.587. The summed E-state index contributed by atoms with van der Waals surface area (Å²) in [4.78, 5) is 26.6. The van der Waals surface area contributed by atoms with Crippen LogP contribution >= 0.6 is 11.6 Å². The second kappa shape index (κ2) is 11.0. The lowest BCUT2D eigenvalue weighted by atomic mass is 10.2. The number of carbonyl (C=O) groups is 2. The first-order chi connectivity index (χ1) is 15.0. The lowest BCUT2D eigenvalue weighted by Crippen LogP contribution is -2.38. The minimum atomic E-state index is -0.275. The van der Waals surface area contributed by atoms with Crippen LogP contribution in [0.4, 0.5) is 26.7 Å². The van der Waals surface area contributed by atoms with Gasteiger partial charge in [0.15, 0.2) is 0 Å². The van der Waals surface area contributed by atoms with Gasteiger partial charge in [0.2, 0.25) is 0 Å². The molecule has 0 fully saturated rings. The number of anilines is 3. The number of aryl methyl sites for hydroxylation is 1. The number of carbonyl (C=O) groups excluding carboxylic acids is 2. The van der Waals surface area contributed by atoms with Gasteiger partial charge in [0.25, 0.3) is 0 Å². The van der Waals surface area contributed by atoms with Crippen molar-refractivity contribution in [2.24, 2.45) is 0 Å². The smallest absolute Gasteiger partial charge is 0.326 e. The van der Waals surface area contributed by atoms with E-state index < -0.39 is 0 Å². The molecule has 0 bridgehead atoms. The van der Waals surface area contributed by atoms with E-state index in [4.69, 9.17) is 11.6 Å². The van der Waals surface area contributed by atoms with Crippen molar-refractivity contribution in [3.63, 3.8) is 0 Å². The average Bonchev–Trinajstić information content (AvgIpc) is 2.76. The number of para-hydroxylation sites is 1. The van der Waals surface area contributed by atoms with E-state index in [1.54, 1.807) is 29.2 Å². The minimum Gasteiger partial charge on any atom is -0.338 e. The highest BCUT2D eigenvalue weighted by molar-refractivity contribution is 6.30. The van der Waals surface area contributed by atoms with Crippen LogP contribution in [0.1, 0.15) is 12.0 Å². The van der Waals surface area contributed by atoms with Gasteiger partial charge in [-0.25, -0.2) is 9.59 Å². The highest BCUT2D eigenvalue weighted by Crippen LogP contribution is 2.18. The molecule has 0 spiro atoms. The van der Waals surface area contributed by atoms with Gasteiger partial charge in [0, 0.05) is 35.2 Å². The largest absolute Gasteiger partial charge is 0.338 e. The van der Waals surface area contributed by atoms with E-state index in [1.807, 2.05) is 61.5 Å². The van der Waals surface area contributed by atoms with E-state index in [2.05, 4.69) is 16.0 Å². The quantitative estimate of drug-likeness (QED) is 0.403. The summed E-state index contributed by atoms with van der Waals surface area (Å²) in [5, 5.41) is 9.13. The van der Waals surface area contributed by atoms with Crippen LogP contribution in [0.2, 0.25) is 5.02 Å². The van der Waals surface area contributed by atoms with Crippen LogP contribution in [0.5, 0.6) is 0 Å². The molecule has 0 aliphatic carbocycles. The first kappa shape index (κ1) is 22.2. The van der Waals surface area contributed by atoms with Crippen molar-refractivity contribution in [1.29, 1.82) is 0 Å². The Morgan fingerprint density at radius 2 is 1.61 bits per heavy atom. The highest BCUT2D eigenvalue weighted by Gasteiger charge is 2.15. The third-order valence-corrected chi connectivity index (χ3v) is 4.78. The molecule has 3 rings (SSSR count). The van der Waals surface area contributed by atoms with E-state index in [9.17, 15) is 9.59 Å². The molecule has 0 saturated carbocycles. The second-order valence-corrected chi connectivity index (χ2v) is 7.46. The molecule has 31 heavy (non-hydrogen) atoms. The van der Waals surface area contributed by atoms with Gasteiger partial charge in [-0.3, -0.25) is 4.90 Å². The number of urea groups is 2. The van der Waals surface area contributed by atoms with Crippen molar-refractivity contribution in [2.45, 2.75) is 13.3 Å². The molecule has 3 aromatic rings. The molecule has 0 aliphatic rings. The van der Waals surface area contributed by atoms with Crippen molar-refractivity contribution in [3.05, 3.63) is 89.4 Å². The Bertz CT molecular complexity index is 1010. The maximum absolute atomic E-state index is 12.9. The summed E-state index contributed by atoms with van der Waals surface area (Å²) in [6.45, 7) is 2.83. The second-order valence-electron chi connectivity index (χ2n) is 7.03. The normalized spacial score (nSPS) is 10.3. The van der Waals surface area contributed by atoms with Gasteiger partial charge >= 0.3 is 12.1 Å². The van der Waals surface area contributed by atoms with Crippen LogP contribution in [0.25, 0.3) is 0 Å². The average molecular weight is 437 g/mol. The number of benzene rings is 3. The zero-order valence-corrected chi connectivity index (χ0v) is 18.0. The number of hydrogen-bond donors (Lipinski definition) is 3. The zero-order valence-electron chi connectivity index (χ0n) is 17.3. The summed E-state index contributed by atoms with van der Waals surface area (Å²) in [5.41, 5.74) is 3.25. The molecular formula is C24H25ClN4O2. The topological polar surface area (TPSA) is 73.5 Å². The summed E-state index contributed by atoms with van der Waals surface area (Å²) in [7, 11) is 0. The molecule has 0 radical (unpaired) electrons. The summed E-state index contributed by atoms with van der Waals surface area (Å²) in [5.74, 6) is 0. The lowest BCUT2D eigenvalue weighted by Gasteiger charge is -2.23. The van der Waals surface area contributed by atoms with Crippen molar-refractivity contribution in [2.75, 3.05) is 28.6 Å². The van der Waals surface area contributed by atoms with Crippen LogP contribution < -0.4 is 20.9 Å². The summed E-state index contributed by atoms with van der Waals surface area (Å²) < 4.78 is 0. The monoisotopic (exact) mass is 436 g/mol. The van der Waals surface area contributed by atoms with E-state index in [0.717, 1.165) is 16.9 Å². The Hall–Kier alpha value is -3.51. The molecule has 3 aromatic carbocycles. The zero-order chi connectivity index (χ0) is 22.1. The molecular weight excluding hydrogens is 412 g/mol. The number of amides is 4. The maximum atomic E-state index is 12.9. The van der Waals surface area contributed by atoms with Crippen LogP contribution in [0.15, 0.2) is 78.9 Å². The van der Waals surface area contributed by atoms with Crippen molar-refractivity contribution < 1.29 is 9.59 Å². The molecule has 6 nitrogen and oxygen atoms in total. The van der Waals surface area contributed by atoms with Gasteiger partial charge in [-0.05, 0) is 67.4 Å². The fraction of sp³-hybridized carbons (Fsp3) is 0.167. The van der Waals surface area contributed by atoms with E-state index in [0.29, 0.717) is 30.2 Å². The van der Waals surface area contributed by atoms with Gasteiger partial charge in [0.05, 0.1) is 0 Å². The predicted molar refractivity (Wildman–Crippen MR) is 127 cm³/mol. The lowest BCUT2D eigenvalue weighted by molar-refractivity contribution is 0.252. The molecule has 7 heteroatoms. The Kier molecular flexibility index (Phi) is 7.90. The molecule has 0 saturated heterocycles. The van der Waals surface area contributed by atoms with Crippen molar-refractivity contribution >= 4 is 40.7 Å². The maximum Gasteiger partial charge on any atom is 0.326 e. The van der Waals surface area contributed by atoms with Gasteiger partial charge in [-0.1, -0.05) is 41.9 Å². The van der Waals surface area contributed by atoms with Gasteiger partial charge in [0.1, 0.15) is 0 Å². The molecule has 160 valence electrons. The Balaban J connectivity index is 1.54. The Morgan fingerprint density at radius 1 is 0.871 bits per heavy atom. The van der Waals surface area contributed by atoms with Crippen LogP contribution in [0, 0.1) is 6.92 Å². The number of rotatable bonds is 7. The molecule has 0 aliphatic heterocycles. The Morgan fingerprint density at radius 3 is 2.32 bits per heavy atom. The van der Waals surface area contributed by atoms with Crippen LogP contribution in [-0.4, -0.2) is 25.2 Å². The molecule has 0 heterocycles. The van der Waals surface area contributed by atoms with Gasteiger partial charge in [-0.2, -0.15) is 0 Å². The van der Waals surface area contributed by atoms with E-state index in [1.165, 1.54) is 0 Å². The van der Waals surface area contributed by atoms with Crippen LogP contribution in [0.3, 0.4) is 0 Å². The van der Waals surface area contributed by atoms with Gasteiger partial charge in [-0.15, -0.1) is 0 Å². The van der Waals surface area contributed by atoms with Gasteiger partial charge < -0.3 is 16.0 Å².